The Labute approximate surface area is 409 Å². The maximum atomic E-state index is 5.33. The third kappa shape index (κ3) is 5.56. The lowest BCUT2D eigenvalue weighted by atomic mass is 9.52. The first-order valence-corrected chi connectivity index (χ1v) is 24.4. The summed E-state index contributed by atoms with van der Waals surface area (Å²) in [6.45, 7) is 4.26. The Hall–Kier alpha value is -8.72. The average Bonchev–Trinajstić information content (AvgIpc) is 3.89. The van der Waals surface area contributed by atoms with Gasteiger partial charge in [-0.25, -0.2) is 9.97 Å². The highest BCUT2D eigenvalue weighted by Crippen LogP contribution is 2.67. The summed E-state index contributed by atoms with van der Waals surface area (Å²) in [4.78, 5) is 10.5. The monoisotopic (exact) mass is 890 g/mol. The normalized spacial score (nSPS) is 14.0. The molecule has 0 bridgehead atoms. The lowest BCUT2D eigenvalue weighted by Crippen LogP contribution is -2.43. The van der Waals surface area contributed by atoms with E-state index in [0.717, 1.165) is 33.6 Å². The fourth-order valence-electron chi connectivity index (χ4n) is 12.8. The number of hydrogen-bond donors (Lipinski definition) is 0. The second-order valence-electron chi connectivity index (χ2n) is 19.1. The first kappa shape index (κ1) is 40.4. The molecule has 3 aliphatic rings. The maximum absolute atomic E-state index is 5.33. The molecule has 0 fully saturated rings. The zero-order valence-electron chi connectivity index (χ0n) is 39.0. The van der Waals surface area contributed by atoms with Crippen LogP contribution in [0.5, 0.6) is 0 Å². The molecule has 1 aromatic heterocycles. The van der Waals surface area contributed by atoms with Crippen molar-refractivity contribution < 1.29 is 0 Å². The second-order valence-corrected chi connectivity index (χ2v) is 19.1. The van der Waals surface area contributed by atoms with E-state index in [-0.39, 0.29) is 0 Å². The topological polar surface area (TPSA) is 25.8 Å². The number of benzene rings is 10. The van der Waals surface area contributed by atoms with Gasteiger partial charge in [0.15, 0.2) is 5.82 Å². The number of allylic oxidation sites excluding steroid dienone is 1. The van der Waals surface area contributed by atoms with Crippen molar-refractivity contribution in [2.75, 3.05) is 0 Å². The van der Waals surface area contributed by atoms with Gasteiger partial charge in [-0.15, -0.1) is 0 Å². The molecule has 2 nitrogen and oxygen atoms in total. The maximum Gasteiger partial charge on any atom is 0.160 e. The van der Waals surface area contributed by atoms with Crippen LogP contribution in [0.2, 0.25) is 0 Å². The summed E-state index contributed by atoms with van der Waals surface area (Å²) < 4.78 is 0. The van der Waals surface area contributed by atoms with Gasteiger partial charge in [0.2, 0.25) is 0 Å². The molecule has 0 atom stereocenters. The minimum absolute atomic E-state index is 0.464. The number of rotatable bonds is 5. The highest BCUT2D eigenvalue weighted by atomic mass is 14.9. The van der Waals surface area contributed by atoms with E-state index in [4.69, 9.17) is 9.97 Å². The van der Waals surface area contributed by atoms with Crippen molar-refractivity contribution in [2.45, 2.75) is 24.7 Å². The Balaban J connectivity index is 0.929. The van der Waals surface area contributed by atoms with Crippen LogP contribution >= 0.6 is 0 Å². The molecule has 0 saturated carbocycles. The predicted molar refractivity (Wildman–Crippen MR) is 289 cm³/mol. The highest BCUT2D eigenvalue weighted by Gasteiger charge is 2.58. The van der Waals surface area contributed by atoms with E-state index >= 15 is 0 Å². The number of fused-ring (bicyclic) bond motifs is 17. The third-order valence-electron chi connectivity index (χ3n) is 15.7. The molecule has 2 spiro atoms. The molecule has 3 aliphatic carbocycles. The molecule has 11 aromatic rings. The average molecular weight is 891 g/mol. The summed E-state index contributed by atoms with van der Waals surface area (Å²) in [5.41, 5.74) is 24.6. The van der Waals surface area contributed by atoms with E-state index in [2.05, 4.69) is 257 Å². The Kier molecular flexibility index (Phi) is 8.88. The van der Waals surface area contributed by atoms with Crippen molar-refractivity contribution in [2.24, 2.45) is 0 Å². The molecule has 1 heterocycles. The summed E-state index contributed by atoms with van der Waals surface area (Å²) in [7, 11) is 0. The first-order chi connectivity index (χ1) is 34.6. The van der Waals surface area contributed by atoms with Gasteiger partial charge >= 0.3 is 0 Å². The van der Waals surface area contributed by atoms with E-state index in [0.29, 0.717) is 5.82 Å². The highest BCUT2D eigenvalue weighted by molar-refractivity contribution is 5.95. The Morgan fingerprint density at radius 3 is 1.41 bits per heavy atom. The van der Waals surface area contributed by atoms with Crippen LogP contribution in [0.1, 0.15) is 62.6 Å². The van der Waals surface area contributed by atoms with Crippen LogP contribution in [-0.2, 0) is 10.8 Å². The molecule has 0 radical (unpaired) electrons. The van der Waals surface area contributed by atoms with Crippen LogP contribution in [0.3, 0.4) is 0 Å². The molecule has 0 amide bonds. The summed E-state index contributed by atoms with van der Waals surface area (Å²) in [6, 6.07) is 85.7. The first-order valence-electron chi connectivity index (χ1n) is 24.4. The van der Waals surface area contributed by atoms with E-state index < -0.39 is 10.8 Å². The minimum Gasteiger partial charge on any atom is -0.228 e. The quantitative estimate of drug-likeness (QED) is 0.172. The van der Waals surface area contributed by atoms with Crippen molar-refractivity contribution in [3.05, 3.63) is 292 Å². The molecular weight excluding hydrogens is 845 g/mol. The number of hydrogen-bond acceptors (Lipinski definition) is 2. The number of aromatic nitrogens is 2. The zero-order chi connectivity index (χ0) is 46.6. The van der Waals surface area contributed by atoms with Crippen LogP contribution in [0.25, 0.3) is 84.1 Å². The summed E-state index contributed by atoms with van der Waals surface area (Å²) in [5.74, 6) is 0.706. The second kappa shape index (κ2) is 15.4. The lowest BCUT2D eigenvalue weighted by Gasteiger charge is -2.48. The fourth-order valence-corrected chi connectivity index (χ4v) is 12.8. The molecule has 0 N–H and O–H groups in total. The third-order valence-corrected chi connectivity index (χ3v) is 15.7. The molecule has 0 unspecified atom stereocenters. The van der Waals surface area contributed by atoms with Crippen LogP contribution in [0.4, 0.5) is 0 Å². The van der Waals surface area contributed by atoms with E-state index in [1.807, 2.05) is 0 Å². The molecule has 328 valence electrons. The van der Waals surface area contributed by atoms with Crippen molar-refractivity contribution in [1.29, 1.82) is 0 Å². The summed E-state index contributed by atoms with van der Waals surface area (Å²) in [6.07, 6.45) is 4.27. The van der Waals surface area contributed by atoms with Gasteiger partial charge in [0.25, 0.3) is 0 Å². The Morgan fingerprint density at radius 2 is 0.814 bits per heavy atom. The summed E-state index contributed by atoms with van der Waals surface area (Å²) >= 11 is 0. The van der Waals surface area contributed by atoms with Gasteiger partial charge in [-0.05, 0) is 138 Å². The Bertz CT molecular complexity index is 3890. The van der Waals surface area contributed by atoms with Gasteiger partial charge in [-0.3, -0.25) is 0 Å². The molecule has 10 aromatic carbocycles. The molecular formula is C68H46N2. The standard InChI is InChI=1S/C68H46N2/c1-3-18-44-33-34-48-40-50(35-37-51(48)43(44)2)66-69-64(45-19-5-4-6-20-45)42-65(70-66)49-22-17-21-46(39-49)47-36-38-59-55(41-47)54-25-9-12-28-58(54)68(59)62-31-15-13-29-60(62)67(61-30-14-16-32-63(61)68)56-26-10-7-23-52(56)53-24-8-11-27-57(53)67/h3-42H,1-2H3/b18-3-. The molecule has 70 heavy (non-hydrogen) atoms. The zero-order valence-corrected chi connectivity index (χ0v) is 39.0. The van der Waals surface area contributed by atoms with Crippen molar-refractivity contribution in [3.63, 3.8) is 0 Å². The van der Waals surface area contributed by atoms with Crippen molar-refractivity contribution >= 4 is 16.8 Å². The van der Waals surface area contributed by atoms with Gasteiger partial charge in [-0.2, -0.15) is 0 Å². The fraction of sp³-hybridized carbons (Fsp3) is 0.0588. The van der Waals surface area contributed by atoms with E-state index in [1.165, 1.54) is 94.2 Å². The SMILES string of the molecule is C/C=C\c1ccc2cc(-c3nc(-c4ccccc4)cc(-c4cccc(-c5ccc6c(c5)-c5ccccc5C65c6ccccc6C6(c7ccccc7-c7ccccc76)c6ccccc65)c4)n3)ccc2c1C. The minimum atomic E-state index is -0.529. The van der Waals surface area contributed by atoms with Gasteiger partial charge < -0.3 is 0 Å². The largest absolute Gasteiger partial charge is 0.228 e. The molecule has 0 aliphatic heterocycles. The Morgan fingerprint density at radius 1 is 0.343 bits per heavy atom. The number of nitrogens with zero attached hydrogens (tertiary/aromatic N) is 2. The van der Waals surface area contributed by atoms with Gasteiger partial charge in [0, 0.05) is 16.7 Å². The van der Waals surface area contributed by atoms with Gasteiger partial charge in [0.05, 0.1) is 22.2 Å². The van der Waals surface area contributed by atoms with Gasteiger partial charge in [0.1, 0.15) is 0 Å². The van der Waals surface area contributed by atoms with Crippen molar-refractivity contribution in [3.8, 4) is 67.3 Å². The summed E-state index contributed by atoms with van der Waals surface area (Å²) in [5, 5.41) is 2.41. The lowest BCUT2D eigenvalue weighted by molar-refractivity contribution is 0.633. The molecule has 14 rings (SSSR count). The molecule has 0 saturated heterocycles. The smallest absolute Gasteiger partial charge is 0.160 e. The van der Waals surface area contributed by atoms with Crippen LogP contribution in [-0.4, -0.2) is 9.97 Å². The molecule has 2 heteroatoms. The van der Waals surface area contributed by atoms with E-state index in [1.54, 1.807) is 0 Å². The van der Waals surface area contributed by atoms with Crippen LogP contribution < -0.4 is 0 Å². The van der Waals surface area contributed by atoms with Gasteiger partial charge in [-0.1, -0.05) is 218 Å². The van der Waals surface area contributed by atoms with E-state index in [9.17, 15) is 0 Å². The van der Waals surface area contributed by atoms with Crippen molar-refractivity contribution in [1.82, 2.24) is 9.97 Å². The number of aryl methyl sites for hydroxylation is 1. The van der Waals surface area contributed by atoms with Crippen LogP contribution in [0, 0.1) is 6.92 Å². The predicted octanol–water partition coefficient (Wildman–Crippen LogP) is 16.7. The van der Waals surface area contributed by atoms with Crippen LogP contribution in [0.15, 0.2) is 237 Å².